The standard InChI is InChI=1S/C30H24F4N2O3/c31-23-7-3-19(4-8-23)21-11-20-9-10-36(14-18-1-5-22(6-2-18)30(32,33)34)26(20)24(12-21)27(39)35-29-15-28(16-29,17-29)13-25(37)38/h1-12H,13-17H2,(H,35,39)(H,37,38). The molecule has 3 aliphatic carbocycles. The maximum absolute atomic E-state index is 13.7. The summed E-state index contributed by atoms with van der Waals surface area (Å²) in [5.41, 5.74) is 1.72. The average molecular weight is 537 g/mol. The third-order valence-electron chi connectivity index (χ3n) is 7.96. The Balaban J connectivity index is 1.35. The van der Waals surface area contributed by atoms with Gasteiger partial charge in [-0.1, -0.05) is 24.3 Å². The molecule has 2 bridgehead atoms. The molecule has 1 aromatic heterocycles. The zero-order valence-electron chi connectivity index (χ0n) is 20.7. The van der Waals surface area contributed by atoms with E-state index in [2.05, 4.69) is 5.32 Å². The highest BCUT2D eigenvalue weighted by atomic mass is 19.4. The van der Waals surface area contributed by atoms with Gasteiger partial charge in [-0.25, -0.2) is 4.39 Å². The fourth-order valence-corrected chi connectivity index (χ4v) is 6.41. The van der Waals surface area contributed by atoms with Gasteiger partial charge in [-0.15, -0.1) is 0 Å². The van der Waals surface area contributed by atoms with Crippen LogP contribution in [0.2, 0.25) is 0 Å². The van der Waals surface area contributed by atoms with Crippen LogP contribution in [0.5, 0.6) is 0 Å². The molecule has 1 heterocycles. The van der Waals surface area contributed by atoms with Crippen molar-refractivity contribution >= 4 is 22.8 Å². The number of carboxylic acids is 1. The highest BCUT2D eigenvalue weighted by molar-refractivity contribution is 6.08. The molecule has 2 N–H and O–H groups in total. The lowest BCUT2D eigenvalue weighted by Crippen LogP contribution is -2.75. The zero-order chi connectivity index (χ0) is 27.6. The minimum atomic E-state index is -4.43. The number of nitrogens with one attached hydrogen (secondary N) is 1. The summed E-state index contributed by atoms with van der Waals surface area (Å²) >= 11 is 0. The number of halogens is 4. The van der Waals surface area contributed by atoms with E-state index in [1.54, 1.807) is 24.4 Å². The first-order valence-corrected chi connectivity index (χ1v) is 12.5. The second-order valence-electron chi connectivity index (χ2n) is 10.9. The van der Waals surface area contributed by atoms with Gasteiger partial charge in [0.05, 0.1) is 23.1 Å². The van der Waals surface area contributed by atoms with Crippen molar-refractivity contribution in [2.24, 2.45) is 5.41 Å². The molecule has 200 valence electrons. The minimum Gasteiger partial charge on any atom is -0.481 e. The first kappa shape index (κ1) is 25.2. The van der Waals surface area contributed by atoms with Gasteiger partial charge in [-0.3, -0.25) is 9.59 Å². The molecule has 0 spiro atoms. The van der Waals surface area contributed by atoms with Gasteiger partial charge in [-0.05, 0) is 83.8 Å². The van der Waals surface area contributed by atoms with E-state index in [0.29, 0.717) is 35.9 Å². The van der Waals surface area contributed by atoms with Gasteiger partial charge in [0.15, 0.2) is 0 Å². The fourth-order valence-electron chi connectivity index (χ4n) is 6.41. The number of nitrogens with zero attached hydrogens (tertiary/aromatic N) is 1. The Morgan fingerprint density at radius 1 is 0.923 bits per heavy atom. The highest BCUT2D eigenvalue weighted by Crippen LogP contribution is 2.69. The van der Waals surface area contributed by atoms with Crippen molar-refractivity contribution in [3.8, 4) is 11.1 Å². The Morgan fingerprint density at radius 3 is 2.21 bits per heavy atom. The normalized spacial score (nSPS) is 21.7. The molecular weight excluding hydrogens is 512 g/mol. The molecule has 0 atom stereocenters. The monoisotopic (exact) mass is 536 g/mol. The summed E-state index contributed by atoms with van der Waals surface area (Å²) in [6, 6.07) is 16.4. The topological polar surface area (TPSA) is 71.3 Å². The number of benzene rings is 3. The SMILES string of the molecule is O=C(O)CC12CC(NC(=O)c3cc(-c4ccc(F)cc4)cc4ccn(Cc5ccc(C(F)(F)F)cc5)c34)(C1)C2. The Bertz CT molecular complexity index is 1580. The summed E-state index contributed by atoms with van der Waals surface area (Å²) in [6.45, 7) is 0.255. The van der Waals surface area contributed by atoms with Crippen LogP contribution in [-0.2, 0) is 17.5 Å². The van der Waals surface area contributed by atoms with Crippen molar-refractivity contribution < 1.29 is 32.3 Å². The van der Waals surface area contributed by atoms with E-state index in [1.807, 2.05) is 16.7 Å². The predicted molar refractivity (Wildman–Crippen MR) is 137 cm³/mol. The molecule has 0 aliphatic heterocycles. The summed E-state index contributed by atoms with van der Waals surface area (Å²) in [5, 5.41) is 13.1. The molecule has 3 aliphatic rings. The van der Waals surface area contributed by atoms with E-state index in [9.17, 15) is 32.3 Å². The third kappa shape index (κ3) is 4.56. The molecule has 9 heteroatoms. The zero-order valence-corrected chi connectivity index (χ0v) is 20.7. The summed E-state index contributed by atoms with van der Waals surface area (Å²) < 4.78 is 54.4. The van der Waals surface area contributed by atoms with Crippen LogP contribution in [0.25, 0.3) is 22.0 Å². The molecular formula is C30H24F4N2O3. The van der Waals surface area contributed by atoms with E-state index in [4.69, 9.17) is 0 Å². The molecule has 5 nitrogen and oxygen atoms in total. The van der Waals surface area contributed by atoms with E-state index in [1.165, 1.54) is 24.3 Å². The molecule has 1 amide bonds. The number of hydrogen-bond donors (Lipinski definition) is 2. The van der Waals surface area contributed by atoms with E-state index < -0.39 is 23.2 Å². The number of aromatic nitrogens is 1. The van der Waals surface area contributed by atoms with Gasteiger partial charge in [0.2, 0.25) is 0 Å². The number of carboxylic acid groups (broad SMARTS) is 1. The Hall–Kier alpha value is -4.14. The Kier molecular flexibility index (Phi) is 5.61. The van der Waals surface area contributed by atoms with Crippen LogP contribution in [-0.4, -0.2) is 27.1 Å². The number of hydrogen-bond acceptors (Lipinski definition) is 2. The first-order valence-electron chi connectivity index (χ1n) is 12.5. The number of aliphatic carboxylic acids is 1. The van der Waals surface area contributed by atoms with E-state index in [-0.39, 0.29) is 30.1 Å². The average Bonchev–Trinajstić information content (AvgIpc) is 3.24. The first-order chi connectivity index (χ1) is 18.4. The van der Waals surface area contributed by atoms with Crippen LogP contribution < -0.4 is 5.32 Å². The van der Waals surface area contributed by atoms with Crippen molar-refractivity contribution in [1.82, 2.24) is 9.88 Å². The highest BCUT2D eigenvalue weighted by Gasteiger charge is 2.68. The lowest BCUT2D eigenvalue weighted by Gasteiger charge is -2.70. The molecule has 3 aromatic carbocycles. The molecule has 39 heavy (non-hydrogen) atoms. The molecule has 3 fully saturated rings. The lowest BCUT2D eigenvalue weighted by molar-refractivity contribution is -0.172. The predicted octanol–water partition coefficient (Wildman–Crippen LogP) is 6.64. The number of fused-ring (bicyclic) bond motifs is 1. The number of rotatable bonds is 7. The minimum absolute atomic E-state index is 0.0882. The molecule has 4 aromatic rings. The molecule has 0 unspecified atom stereocenters. The van der Waals surface area contributed by atoms with Crippen LogP contribution >= 0.6 is 0 Å². The maximum Gasteiger partial charge on any atom is 0.416 e. The third-order valence-corrected chi connectivity index (χ3v) is 7.96. The van der Waals surface area contributed by atoms with Crippen molar-refractivity contribution in [2.75, 3.05) is 0 Å². The number of amides is 1. The maximum atomic E-state index is 13.7. The van der Waals surface area contributed by atoms with Gasteiger partial charge in [0.25, 0.3) is 5.91 Å². The van der Waals surface area contributed by atoms with Crippen LogP contribution in [0.4, 0.5) is 17.6 Å². The molecule has 0 radical (unpaired) electrons. The number of carbonyl (C=O) groups excluding carboxylic acids is 1. The van der Waals surface area contributed by atoms with E-state index >= 15 is 0 Å². The van der Waals surface area contributed by atoms with Crippen LogP contribution in [0, 0.1) is 11.2 Å². The summed E-state index contributed by atoms with van der Waals surface area (Å²) in [4.78, 5) is 24.9. The quantitative estimate of drug-likeness (QED) is 0.260. The van der Waals surface area contributed by atoms with E-state index in [0.717, 1.165) is 28.6 Å². The van der Waals surface area contributed by atoms with Crippen LogP contribution in [0.15, 0.2) is 72.9 Å². The number of alkyl halides is 3. The molecule has 7 rings (SSSR count). The van der Waals surface area contributed by atoms with Crippen LogP contribution in [0.3, 0.4) is 0 Å². The van der Waals surface area contributed by atoms with Gasteiger partial charge in [0.1, 0.15) is 5.82 Å². The smallest absolute Gasteiger partial charge is 0.416 e. The van der Waals surface area contributed by atoms with Crippen molar-refractivity contribution in [3.05, 3.63) is 95.4 Å². The fraction of sp³-hybridized carbons (Fsp3) is 0.267. The van der Waals surface area contributed by atoms with Crippen molar-refractivity contribution in [2.45, 2.75) is 43.9 Å². The number of carbonyl (C=O) groups is 2. The summed E-state index contributed by atoms with van der Waals surface area (Å²) in [5.74, 6) is -1.52. The second-order valence-corrected chi connectivity index (χ2v) is 10.9. The summed E-state index contributed by atoms with van der Waals surface area (Å²) in [6.07, 6.45) is -0.700. The van der Waals surface area contributed by atoms with Crippen LogP contribution in [0.1, 0.15) is 47.2 Å². The second kappa shape index (κ2) is 8.69. The summed E-state index contributed by atoms with van der Waals surface area (Å²) in [7, 11) is 0. The molecule has 3 saturated carbocycles. The van der Waals surface area contributed by atoms with Gasteiger partial charge in [-0.2, -0.15) is 13.2 Å². The van der Waals surface area contributed by atoms with Crippen molar-refractivity contribution in [1.29, 1.82) is 0 Å². The van der Waals surface area contributed by atoms with Gasteiger partial charge < -0.3 is 15.0 Å². The lowest BCUT2D eigenvalue weighted by atomic mass is 9.38. The molecule has 0 saturated heterocycles. The van der Waals surface area contributed by atoms with Crippen molar-refractivity contribution in [3.63, 3.8) is 0 Å². The van der Waals surface area contributed by atoms with Gasteiger partial charge >= 0.3 is 12.1 Å². The Morgan fingerprint density at radius 2 is 1.59 bits per heavy atom. The largest absolute Gasteiger partial charge is 0.481 e. The van der Waals surface area contributed by atoms with Gasteiger partial charge in [0, 0.05) is 23.7 Å². The Labute approximate surface area is 221 Å².